The minimum Gasteiger partial charge on any atom is -0.349 e. The molecule has 0 saturated carbocycles. The van der Waals surface area contributed by atoms with Gasteiger partial charge in [-0.15, -0.1) is 12.4 Å². The van der Waals surface area contributed by atoms with E-state index in [9.17, 15) is 13.2 Å². The second-order valence-electron chi connectivity index (χ2n) is 5.87. The van der Waals surface area contributed by atoms with Crippen molar-refractivity contribution in [3.05, 3.63) is 29.8 Å². The fraction of sp³-hybridized carbons (Fsp3) is 0.562. The molecule has 1 amide bonds. The standard InChI is InChI=1S/C16H24N2O3S.ClH/c1-3-10-22(20,21)15-7-5-4-6-13(15)16(19)18-14-8-9-17-11-12(14)2;/h4-7,12,14,17H,3,8-11H2,1-2H3,(H,18,19);1H. The minimum atomic E-state index is -3.41. The molecule has 5 nitrogen and oxygen atoms in total. The van der Waals surface area contributed by atoms with Crippen molar-refractivity contribution in [2.75, 3.05) is 18.8 Å². The van der Waals surface area contributed by atoms with Gasteiger partial charge in [0, 0.05) is 6.04 Å². The first-order valence-electron chi connectivity index (χ1n) is 7.79. The Labute approximate surface area is 144 Å². The molecule has 2 N–H and O–H groups in total. The Morgan fingerprint density at radius 1 is 1.35 bits per heavy atom. The fourth-order valence-corrected chi connectivity index (χ4v) is 4.32. The van der Waals surface area contributed by atoms with Crippen molar-refractivity contribution in [1.82, 2.24) is 10.6 Å². The van der Waals surface area contributed by atoms with Crippen molar-refractivity contribution in [1.29, 1.82) is 0 Å². The number of carbonyl (C=O) groups is 1. The first kappa shape index (κ1) is 19.9. The lowest BCUT2D eigenvalue weighted by molar-refractivity contribution is 0.0911. The lowest BCUT2D eigenvalue weighted by Crippen LogP contribution is -2.48. The number of rotatable bonds is 5. The summed E-state index contributed by atoms with van der Waals surface area (Å²) >= 11 is 0. The number of halogens is 1. The zero-order valence-corrected chi connectivity index (χ0v) is 15.2. The Balaban J connectivity index is 0.00000264. The van der Waals surface area contributed by atoms with Gasteiger partial charge < -0.3 is 10.6 Å². The van der Waals surface area contributed by atoms with Gasteiger partial charge in [-0.3, -0.25) is 4.79 Å². The van der Waals surface area contributed by atoms with E-state index in [1.165, 1.54) is 6.07 Å². The summed E-state index contributed by atoms with van der Waals surface area (Å²) in [5.74, 6) is 0.0901. The highest BCUT2D eigenvalue weighted by atomic mass is 35.5. The second kappa shape index (κ2) is 8.66. The van der Waals surface area contributed by atoms with Gasteiger partial charge in [-0.25, -0.2) is 8.42 Å². The van der Waals surface area contributed by atoms with Gasteiger partial charge in [0.1, 0.15) is 0 Å². The molecule has 1 aliphatic heterocycles. The summed E-state index contributed by atoms with van der Waals surface area (Å²) < 4.78 is 24.6. The summed E-state index contributed by atoms with van der Waals surface area (Å²) in [5, 5.41) is 6.28. The normalized spacial score (nSPS) is 21.3. The van der Waals surface area contributed by atoms with Crippen LogP contribution in [-0.2, 0) is 9.84 Å². The van der Waals surface area contributed by atoms with Crippen LogP contribution in [0.15, 0.2) is 29.2 Å². The monoisotopic (exact) mass is 360 g/mol. The third-order valence-corrected chi connectivity index (χ3v) is 6.01. The topological polar surface area (TPSA) is 75.3 Å². The molecule has 2 rings (SSSR count). The van der Waals surface area contributed by atoms with Crippen LogP contribution in [0.3, 0.4) is 0 Å². The summed E-state index contributed by atoms with van der Waals surface area (Å²) in [7, 11) is -3.41. The van der Waals surface area contributed by atoms with E-state index in [1.807, 2.05) is 6.92 Å². The highest BCUT2D eigenvalue weighted by Crippen LogP contribution is 2.19. The number of hydrogen-bond donors (Lipinski definition) is 2. The molecule has 0 spiro atoms. The molecule has 0 bridgehead atoms. The highest BCUT2D eigenvalue weighted by Gasteiger charge is 2.26. The molecule has 1 saturated heterocycles. The molecule has 1 fully saturated rings. The zero-order chi connectivity index (χ0) is 16.2. The van der Waals surface area contributed by atoms with Crippen molar-refractivity contribution in [3.63, 3.8) is 0 Å². The van der Waals surface area contributed by atoms with Gasteiger partial charge in [-0.05, 0) is 44.0 Å². The molecular formula is C16H25ClN2O3S. The van der Waals surface area contributed by atoms with Gasteiger partial charge in [0.2, 0.25) is 0 Å². The first-order chi connectivity index (χ1) is 10.5. The molecule has 0 radical (unpaired) electrons. The van der Waals surface area contributed by atoms with E-state index in [0.717, 1.165) is 19.5 Å². The molecule has 1 heterocycles. The maximum Gasteiger partial charge on any atom is 0.252 e. The van der Waals surface area contributed by atoms with Crippen LogP contribution in [0.1, 0.15) is 37.0 Å². The van der Waals surface area contributed by atoms with Crippen LogP contribution in [0.4, 0.5) is 0 Å². The molecule has 1 aromatic carbocycles. The first-order valence-corrected chi connectivity index (χ1v) is 9.44. The number of nitrogens with one attached hydrogen (secondary N) is 2. The average Bonchev–Trinajstić information content (AvgIpc) is 2.49. The molecule has 2 unspecified atom stereocenters. The lowest BCUT2D eigenvalue weighted by atomic mass is 9.95. The third-order valence-electron chi connectivity index (χ3n) is 4.04. The average molecular weight is 361 g/mol. The van der Waals surface area contributed by atoms with Gasteiger partial charge in [-0.1, -0.05) is 26.0 Å². The molecule has 130 valence electrons. The Hall–Kier alpha value is -1.11. The van der Waals surface area contributed by atoms with Crippen LogP contribution in [0.25, 0.3) is 0 Å². The van der Waals surface area contributed by atoms with Crippen LogP contribution < -0.4 is 10.6 Å². The number of hydrogen-bond acceptors (Lipinski definition) is 4. The fourth-order valence-electron chi connectivity index (χ4n) is 2.78. The summed E-state index contributed by atoms with van der Waals surface area (Å²) in [6.07, 6.45) is 1.39. The summed E-state index contributed by atoms with van der Waals surface area (Å²) in [6, 6.07) is 6.55. The van der Waals surface area contributed by atoms with E-state index < -0.39 is 9.84 Å². The smallest absolute Gasteiger partial charge is 0.252 e. The summed E-state index contributed by atoms with van der Waals surface area (Å²) in [5.41, 5.74) is 0.252. The van der Waals surface area contributed by atoms with Crippen molar-refractivity contribution >= 4 is 28.2 Å². The quantitative estimate of drug-likeness (QED) is 0.842. The number of amides is 1. The minimum absolute atomic E-state index is 0. The maximum absolute atomic E-state index is 12.5. The van der Waals surface area contributed by atoms with Crippen LogP contribution >= 0.6 is 12.4 Å². The van der Waals surface area contributed by atoms with E-state index in [0.29, 0.717) is 12.3 Å². The molecule has 0 aromatic heterocycles. The van der Waals surface area contributed by atoms with Gasteiger partial charge in [0.25, 0.3) is 5.91 Å². The van der Waals surface area contributed by atoms with Crippen LogP contribution in [0.2, 0.25) is 0 Å². The van der Waals surface area contributed by atoms with Gasteiger partial charge in [0.15, 0.2) is 9.84 Å². The van der Waals surface area contributed by atoms with Crippen molar-refractivity contribution in [2.24, 2.45) is 5.92 Å². The molecule has 1 aromatic rings. The van der Waals surface area contributed by atoms with Crippen molar-refractivity contribution in [3.8, 4) is 0 Å². The Morgan fingerprint density at radius 3 is 2.70 bits per heavy atom. The van der Waals surface area contributed by atoms with Gasteiger partial charge in [0.05, 0.1) is 16.2 Å². The van der Waals surface area contributed by atoms with Crippen LogP contribution in [0.5, 0.6) is 0 Å². The van der Waals surface area contributed by atoms with Crippen LogP contribution in [-0.4, -0.2) is 39.2 Å². The highest BCUT2D eigenvalue weighted by molar-refractivity contribution is 7.91. The van der Waals surface area contributed by atoms with E-state index >= 15 is 0 Å². The molecule has 0 aliphatic carbocycles. The molecule has 1 aliphatic rings. The molecule has 7 heteroatoms. The maximum atomic E-state index is 12.5. The Bertz CT molecular complexity index is 634. The number of carbonyl (C=O) groups excluding carboxylic acids is 1. The van der Waals surface area contributed by atoms with Crippen molar-refractivity contribution in [2.45, 2.75) is 37.6 Å². The summed E-state index contributed by atoms with van der Waals surface area (Å²) in [6.45, 7) is 5.62. The number of sulfone groups is 1. The third kappa shape index (κ3) is 4.93. The van der Waals surface area contributed by atoms with Crippen molar-refractivity contribution < 1.29 is 13.2 Å². The number of piperidine rings is 1. The van der Waals surface area contributed by atoms with Crippen LogP contribution in [0, 0.1) is 5.92 Å². The lowest BCUT2D eigenvalue weighted by Gasteiger charge is -2.30. The SMILES string of the molecule is CCCS(=O)(=O)c1ccccc1C(=O)NC1CCNCC1C.Cl. The van der Waals surface area contributed by atoms with E-state index in [-0.39, 0.29) is 40.6 Å². The van der Waals surface area contributed by atoms with E-state index in [1.54, 1.807) is 18.2 Å². The molecule has 2 atom stereocenters. The number of benzene rings is 1. The Kier molecular flexibility index (Phi) is 7.51. The zero-order valence-electron chi connectivity index (χ0n) is 13.5. The Morgan fingerprint density at radius 2 is 2.04 bits per heavy atom. The largest absolute Gasteiger partial charge is 0.349 e. The second-order valence-corrected chi connectivity index (χ2v) is 7.94. The predicted octanol–water partition coefficient (Wildman–Crippen LogP) is 2.02. The predicted molar refractivity (Wildman–Crippen MR) is 93.9 cm³/mol. The van der Waals surface area contributed by atoms with Gasteiger partial charge >= 0.3 is 0 Å². The summed E-state index contributed by atoms with van der Waals surface area (Å²) in [4.78, 5) is 12.7. The van der Waals surface area contributed by atoms with E-state index in [4.69, 9.17) is 0 Å². The van der Waals surface area contributed by atoms with Gasteiger partial charge in [-0.2, -0.15) is 0 Å². The molecular weight excluding hydrogens is 336 g/mol. The molecule has 23 heavy (non-hydrogen) atoms. The van der Waals surface area contributed by atoms with E-state index in [2.05, 4.69) is 17.6 Å².